The second kappa shape index (κ2) is 7.18. The molecule has 0 aromatic heterocycles. The summed E-state index contributed by atoms with van der Waals surface area (Å²) in [6, 6.07) is 9.55. The van der Waals surface area contributed by atoms with Gasteiger partial charge >= 0.3 is 0 Å². The van der Waals surface area contributed by atoms with E-state index in [9.17, 15) is 0 Å². The fourth-order valence-corrected chi connectivity index (χ4v) is 8.47. The van der Waals surface area contributed by atoms with E-state index >= 15 is 0 Å². The standard InChI is InChI=1S/C17H27ClO2Si2/c18-15-7-5-14(6-8-15)13-22-17(10-2-4-12-20-17)16(21)9-1-3-11-19-16/h5-8H,1-4,9-13,22H2,21H3. The first-order valence-electron chi connectivity index (χ1n) is 8.66. The highest BCUT2D eigenvalue weighted by molar-refractivity contribution is 6.42. The van der Waals surface area contributed by atoms with Gasteiger partial charge in [-0.25, -0.2) is 0 Å². The summed E-state index contributed by atoms with van der Waals surface area (Å²) in [7, 11) is 0.677. The van der Waals surface area contributed by atoms with Gasteiger partial charge in [-0.3, -0.25) is 0 Å². The van der Waals surface area contributed by atoms with Crippen LogP contribution < -0.4 is 0 Å². The average Bonchev–Trinajstić information content (AvgIpc) is 2.56. The number of ether oxygens (including phenoxy) is 2. The first-order valence-corrected chi connectivity index (χ1v) is 11.7. The van der Waals surface area contributed by atoms with Crippen molar-refractivity contribution in [2.45, 2.75) is 55.0 Å². The van der Waals surface area contributed by atoms with Crippen molar-refractivity contribution in [1.82, 2.24) is 0 Å². The third-order valence-electron chi connectivity index (χ3n) is 5.52. The molecule has 0 saturated carbocycles. The van der Waals surface area contributed by atoms with Crippen LogP contribution in [0.25, 0.3) is 0 Å². The minimum absolute atomic E-state index is 0.0737. The van der Waals surface area contributed by atoms with Crippen LogP contribution in [0.4, 0.5) is 0 Å². The van der Waals surface area contributed by atoms with Gasteiger partial charge in [-0.05, 0) is 56.7 Å². The van der Waals surface area contributed by atoms with Gasteiger partial charge in [0.15, 0.2) is 0 Å². The van der Waals surface area contributed by atoms with Crippen molar-refractivity contribution in [3.63, 3.8) is 0 Å². The van der Waals surface area contributed by atoms with Crippen molar-refractivity contribution < 1.29 is 9.47 Å². The van der Waals surface area contributed by atoms with Gasteiger partial charge in [-0.1, -0.05) is 29.3 Å². The highest BCUT2D eigenvalue weighted by Gasteiger charge is 2.50. The van der Waals surface area contributed by atoms with Gasteiger partial charge in [0.05, 0.1) is 20.0 Å². The van der Waals surface area contributed by atoms with Crippen molar-refractivity contribution in [3.8, 4) is 0 Å². The second-order valence-electron chi connectivity index (χ2n) is 6.96. The summed E-state index contributed by atoms with van der Waals surface area (Å²) in [6.07, 6.45) is 7.49. The van der Waals surface area contributed by atoms with Gasteiger partial charge in [-0.2, -0.15) is 0 Å². The van der Waals surface area contributed by atoms with Crippen LogP contribution in [0.2, 0.25) is 5.02 Å². The Morgan fingerprint density at radius 2 is 1.68 bits per heavy atom. The van der Waals surface area contributed by atoms with E-state index in [1.54, 1.807) is 0 Å². The lowest BCUT2D eigenvalue weighted by Crippen LogP contribution is -2.64. The van der Waals surface area contributed by atoms with Crippen molar-refractivity contribution >= 4 is 31.4 Å². The Hall–Kier alpha value is -0.136. The zero-order valence-electron chi connectivity index (χ0n) is 13.6. The Labute approximate surface area is 144 Å². The number of rotatable bonds is 4. The molecule has 0 N–H and O–H groups in total. The van der Waals surface area contributed by atoms with Gasteiger partial charge in [0, 0.05) is 28.5 Å². The molecule has 2 atom stereocenters. The van der Waals surface area contributed by atoms with Crippen molar-refractivity contribution in [1.29, 1.82) is 0 Å². The summed E-state index contributed by atoms with van der Waals surface area (Å²) in [5, 5.41) is 0.978. The molecular formula is C17H27ClO2Si2. The van der Waals surface area contributed by atoms with Gasteiger partial charge in [-0.15, -0.1) is 0 Å². The Kier molecular flexibility index (Phi) is 5.45. The van der Waals surface area contributed by atoms with E-state index < -0.39 is 9.52 Å². The van der Waals surface area contributed by atoms with Crippen molar-refractivity contribution in [2.24, 2.45) is 0 Å². The fourth-order valence-electron chi connectivity index (χ4n) is 4.02. The van der Waals surface area contributed by atoms with E-state index in [1.165, 1.54) is 50.1 Å². The third kappa shape index (κ3) is 3.51. The van der Waals surface area contributed by atoms with Crippen LogP contribution in [0.15, 0.2) is 24.3 Å². The highest BCUT2D eigenvalue weighted by atomic mass is 35.5. The molecule has 0 amide bonds. The van der Waals surface area contributed by atoms with Crippen LogP contribution in [0.3, 0.4) is 0 Å². The lowest BCUT2D eigenvalue weighted by molar-refractivity contribution is -0.159. The molecule has 1 aromatic carbocycles. The predicted molar refractivity (Wildman–Crippen MR) is 98.7 cm³/mol. The molecule has 22 heavy (non-hydrogen) atoms. The van der Waals surface area contributed by atoms with Gasteiger partial charge < -0.3 is 9.47 Å². The number of hydrogen-bond acceptors (Lipinski definition) is 2. The van der Waals surface area contributed by atoms with E-state index in [0.717, 1.165) is 28.5 Å². The topological polar surface area (TPSA) is 18.5 Å². The SMILES string of the molecule is [SiH3]C1(C2([SiH2]Cc3ccc(Cl)cc3)CCCCO2)CCCCO1. The summed E-state index contributed by atoms with van der Waals surface area (Å²) < 4.78 is 12.9. The van der Waals surface area contributed by atoms with Crippen LogP contribution in [0, 0.1) is 0 Å². The summed E-state index contributed by atoms with van der Waals surface area (Å²) >= 11 is 6.00. The first-order chi connectivity index (χ1) is 10.6. The summed E-state index contributed by atoms with van der Waals surface area (Å²) in [5.41, 5.74) is 1.41. The van der Waals surface area contributed by atoms with E-state index in [-0.39, 0.29) is 10.4 Å². The molecule has 2 unspecified atom stereocenters. The second-order valence-corrected chi connectivity index (χ2v) is 11.2. The van der Waals surface area contributed by atoms with E-state index in [1.807, 2.05) is 12.1 Å². The lowest BCUT2D eigenvalue weighted by atomic mass is 9.96. The molecule has 2 heterocycles. The average molecular weight is 355 g/mol. The quantitative estimate of drug-likeness (QED) is 0.771. The normalized spacial score (nSPS) is 33.5. The molecule has 3 rings (SSSR count). The molecule has 2 nitrogen and oxygen atoms in total. The molecule has 0 bridgehead atoms. The highest BCUT2D eigenvalue weighted by Crippen LogP contribution is 2.40. The minimum Gasteiger partial charge on any atom is -0.377 e. The Bertz CT molecular complexity index is 480. The summed E-state index contributed by atoms with van der Waals surface area (Å²) in [5.74, 6) is 0. The summed E-state index contributed by atoms with van der Waals surface area (Å²) in [6.45, 7) is 1.87. The maximum atomic E-state index is 6.50. The van der Waals surface area contributed by atoms with Crippen LogP contribution in [0.1, 0.15) is 44.1 Å². The monoisotopic (exact) mass is 354 g/mol. The van der Waals surface area contributed by atoms with Crippen LogP contribution in [0.5, 0.6) is 0 Å². The van der Waals surface area contributed by atoms with Gasteiger partial charge in [0.25, 0.3) is 0 Å². The predicted octanol–water partition coefficient (Wildman–Crippen LogP) is 2.17. The fraction of sp³-hybridized carbons (Fsp3) is 0.647. The van der Waals surface area contributed by atoms with Gasteiger partial charge in [0.2, 0.25) is 0 Å². The molecule has 0 spiro atoms. The summed E-state index contributed by atoms with van der Waals surface area (Å²) in [4.78, 5) is 0. The molecule has 122 valence electrons. The largest absolute Gasteiger partial charge is 0.377 e. The van der Waals surface area contributed by atoms with Crippen LogP contribution in [-0.2, 0) is 15.5 Å². The zero-order valence-corrected chi connectivity index (χ0v) is 17.7. The van der Waals surface area contributed by atoms with E-state index in [0.29, 0.717) is 0 Å². The number of benzene rings is 1. The lowest BCUT2D eigenvalue weighted by Gasteiger charge is -2.52. The van der Waals surface area contributed by atoms with E-state index in [4.69, 9.17) is 21.1 Å². The molecular weight excluding hydrogens is 328 g/mol. The first kappa shape index (κ1) is 16.7. The van der Waals surface area contributed by atoms with Gasteiger partial charge in [0.1, 0.15) is 0 Å². The molecule has 5 heteroatoms. The van der Waals surface area contributed by atoms with Crippen molar-refractivity contribution in [3.05, 3.63) is 34.9 Å². The van der Waals surface area contributed by atoms with Crippen molar-refractivity contribution in [2.75, 3.05) is 13.2 Å². The third-order valence-corrected chi connectivity index (χ3v) is 11.1. The zero-order chi connectivity index (χ0) is 15.5. The van der Waals surface area contributed by atoms with E-state index in [2.05, 4.69) is 12.1 Å². The van der Waals surface area contributed by atoms with Crippen LogP contribution in [-0.4, -0.2) is 43.4 Å². The Balaban J connectivity index is 1.75. The molecule has 2 aliphatic heterocycles. The molecule has 0 radical (unpaired) electrons. The molecule has 1 aromatic rings. The molecule has 2 fully saturated rings. The Morgan fingerprint density at radius 3 is 2.27 bits per heavy atom. The minimum atomic E-state index is -0.409. The van der Waals surface area contributed by atoms with Crippen LogP contribution >= 0.6 is 11.6 Å². The number of hydrogen-bond donors (Lipinski definition) is 0. The molecule has 0 aliphatic carbocycles. The smallest absolute Gasteiger partial charge is 0.0764 e. The molecule has 2 saturated heterocycles. The Morgan fingerprint density at radius 1 is 1.00 bits per heavy atom. The maximum absolute atomic E-state index is 6.50. The number of halogens is 1. The maximum Gasteiger partial charge on any atom is 0.0764 e. The molecule has 2 aliphatic rings.